The number of methoxy groups -OCH3 is 1. The normalized spacial score (nSPS) is 20.0. The number of aliphatic hydroxyl groups excluding tert-OH is 1. The van der Waals surface area contributed by atoms with Crippen LogP contribution in [0.1, 0.15) is 70.6 Å². The summed E-state index contributed by atoms with van der Waals surface area (Å²) in [5, 5.41) is 33.6. The number of allylic oxidation sites excluding steroid dienone is 4. The maximum absolute atomic E-state index is 14.2. The number of aromatic hydroxyl groups is 2. The SMILES string of the molecule is CC[C@@H](C)[C@@H](O)[C@@H]1O[C@H]1C[C@H](C)/C=C/C=C(\C)c1cc(O)c2c(c1)oc1ccc(CC[C@@H](C)COC(=O)[C@@](OC)(c3ccccc3)C(F)(F)F)c(O)c12. The molecule has 1 fully saturated rings. The van der Waals surface area contributed by atoms with Gasteiger partial charge in [-0.25, -0.2) is 4.79 Å². The van der Waals surface area contributed by atoms with Crippen molar-refractivity contribution in [2.45, 2.75) is 90.4 Å². The minimum atomic E-state index is -5.07. The number of alkyl halides is 3. The summed E-state index contributed by atoms with van der Waals surface area (Å²) in [7, 11) is 0.823. The van der Waals surface area contributed by atoms with Crippen molar-refractivity contribution in [1.82, 2.24) is 0 Å². The van der Waals surface area contributed by atoms with Gasteiger partial charge in [0.2, 0.25) is 0 Å². The van der Waals surface area contributed by atoms with E-state index in [1.165, 1.54) is 30.3 Å². The van der Waals surface area contributed by atoms with Crippen molar-refractivity contribution in [3.05, 3.63) is 89.5 Å². The van der Waals surface area contributed by atoms with Gasteiger partial charge in [-0.2, -0.15) is 13.2 Å². The van der Waals surface area contributed by atoms with E-state index in [4.69, 9.17) is 18.6 Å². The molecule has 7 atom stereocenters. The highest BCUT2D eigenvalue weighted by Gasteiger charge is 2.64. The van der Waals surface area contributed by atoms with Crippen LogP contribution in [-0.2, 0) is 31.0 Å². The fourth-order valence-corrected chi connectivity index (χ4v) is 6.76. The first-order valence-corrected chi connectivity index (χ1v) is 18.1. The van der Waals surface area contributed by atoms with E-state index in [1.54, 1.807) is 25.1 Å². The fourth-order valence-electron chi connectivity index (χ4n) is 6.76. The van der Waals surface area contributed by atoms with Crippen LogP contribution in [0.2, 0.25) is 0 Å². The minimum absolute atomic E-state index is 0.0597. The Kier molecular flexibility index (Phi) is 12.3. The molecule has 1 aromatic heterocycles. The van der Waals surface area contributed by atoms with Crippen LogP contribution in [0.4, 0.5) is 13.2 Å². The molecule has 2 heterocycles. The number of aryl methyl sites for hydroxylation is 1. The Morgan fingerprint density at radius 3 is 2.40 bits per heavy atom. The van der Waals surface area contributed by atoms with Gasteiger partial charge in [-0.15, -0.1) is 0 Å². The van der Waals surface area contributed by atoms with Crippen molar-refractivity contribution in [3.8, 4) is 11.5 Å². The smallest absolute Gasteiger partial charge is 0.432 e. The van der Waals surface area contributed by atoms with Gasteiger partial charge in [0.1, 0.15) is 28.8 Å². The maximum Gasteiger partial charge on any atom is 0.432 e. The Hall–Kier alpha value is -4.32. The summed E-state index contributed by atoms with van der Waals surface area (Å²) in [6, 6.07) is 13.5. The molecule has 0 bridgehead atoms. The van der Waals surface area contributed by atoms with Gasteiger partial charge in [0.25, 0.3) is 5.60 Å². The molecule has 3 aromatic carbocycles. The average molecular weight is 739 g/mol. The number of epoxide rings is 1. The third-order valence-electron chi connectivity index (χ3n) is 10.4. The van der Waals surface area contributed by atoms with Gasteiger partial charge < -0.3 is 33.9 Å². The van der Waals surface area contributed by atoms with Gasteiger partial charge >= 0.3 is 12.1 Å². The summed E-state index contributed by atoms with van der Waals surface area (Å²) >= 11 is 0. The van der Waals surface area contributed by atoms with Gasteiger partial charge in [0.15, 0.2) is 0 Å². The Labute approximate surface area is 307 Å². The van der Waals surface area contributed by atoms with Gasteiger partial charge in [-0.05, 0) is 78.8 Å². The van der Waals surface area contributed by atoms with Crippen LogP contribution in [0.25, 0.3) is 27.5 Å². The highest BCUT2D eigenvalue weighted by atomic mass is 19.4. The molecule has 1 aliphatic heterocycles. The second kappa shape index (κ2) is 16.4. The Bertz CT molecular complexity index is 1950. The number of hydrogen-bond donors (Lipinski definition) is 3. The van der Waals surface area contributed by atoms with Crippen LogP contribution in [-0.4, -0.2) is 59.5 Å². The lowest BCUT2D eigenvalue weighted by Crippen LogP contribution is -2.52. The van der Waals surface area contributed by atoms with Crippen molar-refractivity contribution in [1.29, 1.82) is 0 Å². The van der Waals surface area contributed by atoms with Crippen molar-refractivity contribution < 1.29 is 51.9 Å². The second-order valence-corrected chi connectivity index (χ2v) is 14.4. The third kappa shape index (κ3) is 8.42. The monoisotopic (exact) mass is 738 g/mol. The topological polar surface area (TPSA) is 122 Å². The summed E-state index contributed by atoms with van der Waals surface area (Å²) in [6.07, 6.45) is 2.87. The third-order valence-corrected chi connectivity index (χ3v) is 10.4. The zero-order valence-electron chi connectivity index (χ0n) is 30.9. The minimum Gasteiger partial charge on any atom is -0.507 e. The van der Waals surface area contributed by atoms with E-state index >= 15 is 0 Å². The number of rotatable bonds is 16. The summed E-state index contributed by atoms with van der Waals surface area (Å²) in [5.74, 6) is -1.61. The number of phenols is 2. The molecule has 1 saturated heterocycles. The lowest BCUT2D eigenvalue weighted by molar-refractivity contribution is -0.276. The zero-order valence-corrected chi connectivity index (χ0v) is 30.9. The van der Waals surface area contributed by atoms with Crippen LogP contribution in [0, 0.1) is 17.8 Å². The number of carbonyl (C=O) groups is 1. The number of phenolic OH excluding ortho intramolecular Hbond substituents is 2. The molecule has 53 heavy (non-hydrogen) atoms. The van der Waals surface area contributed by atoms with Crippen molar-refractivity contribution in [2.24, 2.45) is 17.8 Å². The summed E-state index contributed by atoms with van der Waals surface area (Å²) < 4.78 is 64.4. The maximum atomic E-state index is 14.2. The van der Waals surface area contributed by atoms with Crippen LogP contribution in [0.3, 0.4) is 0 Å². The van der Waals surface area contributed by atoms with Gasteiger partial charge in [0, 0.05) is 12.7 Å². The molecule has 0 unspecified atom stereocenters. The summed E-state index contributed by atoms with van der Waals surface area (Å²) in [4.78, 5) is 12.9. The van der Waals surface area contributed by atoms with E-state index in [0.29, 0.717) is 40.3 Å². The van der Waals surface area contributed by atoms with Crippen LogP contribution >= 0.6 is 0 Å². The van der Waals surface area contributed by atoms with E-state index in [2.05, 4.69) is 19.9 Å². The Morgan fingerprint density at radius 2 is 1.74 bits per heavy atom. The molecule has 8 nitrogen and oxygen atoms in total. The molecule has 4 aromatic rings. The molecule has 1 aliphatic rings. The van der Waals surface area contributed by atoms with E-state index in [-0.39, 0.29) is 53.6 Å². The quantitative estimate of drug-likeness (QED) is 0.0591. The fraction of sp³-hybridized carbons (Fsp3) is 0.452. The first kappa shape index (κ1) is 39.9. The molecule has 286 valence electrons. The van der Waals surface area contributed by atoms with Gasteiger partial charge in [-0.1, -0.05) is 88.7 Å². The first-order valence-electron chi connectivity index (χ1n) is 18.1. The van der Waals surface area contributed by atoms with Crippen LogP contribution in [0.5, 0.6) is 11.5 Å². The van der Waals surface area contributed by atoms with Crippen molar-refractivity contribution >= 4 is 33.5 Å². The number of halogens is 3. The predicted octanol–water partition coefficient (Wildman–Crippen LogP) is 9.37. The molecule has 0 radical (unpaired) electrons. The van der Waals surface area contributed by atoms with E-state index in [0.717, 1.165) is 31.1 Å². The largest absolute Gasteiger partial charge is 0.507 e. The number of aliphatic hydroxyl groups is 1. The molecule has 0 aliphatic carbocycles. The second-order valence-electron chi connectivity index (χ2n) is 14.4. The molecule has 11 heteroatoms. The molecular formula is C42H49F3O8. The standard InChI is InChI=1S/C42H49F3O8/c1-7-26(4)37(47)39-34(53-39)20-24(2)12-11-13-27(5)29-21-31(46)35-33(22-29)52-32-19-18-28(38(48)36(32)35)17-16-25(3)23-51-40(49)41(50-6,42(43,44)45)30-14-9-8-10-15-30/h8-15,18-19,21-22,24-26,34,37,39,46-48H,7,16-17,20,23H2,1-6H3/b12-11+,27-13+/t24-,25-,26-,34+,37-,39-,41+/m1/s1. The van der Waals surface area contributed by atoms with E-state index < -0.39 is 23.9 Å². The number of fused-ring (bicyclic) bond motifs is 3. The van der Waals surface area contributed by atoms with Crippen LogP contribution in [0.15, 0.2) is 77.2 Å². The number of ether oxygens (including phenoxy) is 3. The predicted molar refractivity (Wildman–Crippen MR) is 197 cm³/mol. The number of benzene rings is 3. The van der Waals surface area contributed by atoms with Crippen LogP contribution < -0.4 is 0 Å². The van der Waals surface area contributed by atoms with Crippen molar-refractivity contribution in [2.75, 3.05) is 13.7 Å². The van der Waals surface area contributed by atoms with E-state index in [1.807, 2.05) is 32.1 Å². The molecule has 0 saturated carbocycles. The highest BCUT2D eigenvalue weighted by Crippen LogP contribution is 2.45. The number of carbonyl (C=O) groups excluding carboxylic acids is 1. The van der Waals surface area contributed by atoms with Gasteiger partial charge in [-0.3, -0.25) is 0 Å². The lowest BCUT2D eigenvalue weighted by Gasteiger charge is -2.32. The molecule has 3 N–H and O–H groups in total. The molecule has 0 amide bonds. The summed E-state index contributed by atoms with van der Waals surface area (Å²) in [6.45, 7) is 9.55. The number of furan rings is 1. The van der Waals surface area contributed by atoms with Gasteiger partial charge in [0.05, 0.1) is 29.6 Å². The molecule has 0 spiro atoms. The molecular weight excluding hydrogens is 689 g/mol. The number of esters is 1. The van der Waals surface area contributed by atoms with E-state index in [9.17, 15) is 33.3 Å². The Morgan fingerprint density at radius 1 is 1.02 bits per heavy atom. The first-order chi connectivity index (χ1) is 25.1. The van der Waals surface area contributed by atoms with Crippen molar-refractivity contribution in [3.63, 3.8) is 0 Å². The Balaban J connectivity index is 1.23. The average Bonchev–Trinajstić information content (AvgIpc) is 3.77. The molecule has 5 rings (SSSR count). The summed E-state index contributed by atoms with van der Waals surface area (Å²) in [5.41, 5.74) is -0.690. The lowest BCUT2D eigenvalue weighted by atomic mass is 9.92. The number of hydrogen-bond acceptors (Lipinski definition) is 8. The zero-order chi connectivity index (χ0) is 38.7. The highest BCUT2D eigenvalue weighted by molar-refractivity contribution is 6.12.